The molecule has 0 aliphatic carbocycles. The van der Waals surface area contributed by atoms with Gasteiger partial charge in [-0.2, -0.15) is 4.31 Å². The molecule has 0 bridgehead atoms. The fourth-order valence-corrected chi connectivity index (χ4v) is 5.23. The smallest absolute Gasteiger partial charge is 0.255 e. The van der Waals surface area contributed by atoms with Crippen molar-refractivity contribution in [1.82, 2.24) is 4.31 Å². The summed E-state index contributed by atoms with van der Waals surface area (Å²) in [5.41, 5.74) is 2.17. The lowest BCUT2D eigenvalue weighted by atomic mass is 10.2. The van der Waals surface area contributed by atoms with Crippen LogP contribution in [0.3, 0.4) is 0 Å². The lowest BCUT2D eigenvalue weighted by Gasteiger charge is -2.20. The fraction of sp³-hybridized carbons (Fsp3) is 0.350. The van der Waals surface area contributed by atoms with Crippen molar-refractivity contribution in [2.45, 2.75) is 37.5 Å². The van der Waals surface area contributed by atoms with E-state index in [4.69, 9.17) is 0 Å². The highest BCUT2D eigenvalue weighted by atomic mass is 79.9. The van der Waals surface area contributed by atoms with E-state index < -0.39 is 10.0 Å². The molecule has 1 N–H and O–H groups in total. The predicted octanol–water partition coefficient (Wildman–Crippen LogP) is 4.57. The molecule has 0 aromatic heterocycles. The summed E-state index contributed by atoms with van der Waals surface area (Å²) < 4.78 is 28.0. The molecule has 0 saturated carbocycles. The molecule has 1 amide bonds. The molecule has 1 aliphatic heterocycles. The van der Waals surface area contributed by atoms with Crippen molar-refractivity contribution < 1.29 is 13.2 Å². The Morgan fingerprint density at radius 1 is 1.00 bits per heavy atom. The molecule has 27 heavy (non-hydrogen) atoms. The highest BCUT2D eigenvalue weighted by Crippen LogP contribution is 2.25. The molecular formula is C20H23BrN2O3S. The number of aryl methyl sites for hydroxylation is 1. The largest absolute Gasteiger partial charge is 0.321 e. The van der Waals surface area contributed by atoms with Gasteiger partial charge >= 0.3 is 0 Å². The van der Waals surface area contributed by atoms with Crippen molar-refractivity contribution in [2.75, 3.05) is 18.4 Å². The van der Waals surface area contributed by atoms with Crippen LogP contribution in [0.15, 0.2) is 51.8 Å². The average molecular weight is 451 g/mol. The number of carbonyl (C=O) groups excluding carboxylic acids is 1. The zero-order chi connectivity index (χ0) is 19.4. The van der Waals surface area contributed by atoms with Gasteiger partial charge in [-0.25, -0.2) is 8.42 Å². The molecular weight excluding hydrogens is 428 g/mol. The highest BCUT2D eigenvalue weighted by molar-refractivity contribution is 9.10. The number of sulfonamides is 1. The van der Waals surface area contributed by atoms with Crippen LogP contribution in [0.2, 0.25) is 0 Å². The van der Waals surface area contributed by atoms with E-state index in [-0.39, 0.29) is 10.8 Å². The van der Waals surface area contributed by atoms with Crippen LogP contribution in [-0.2, 0) is 10.0 Å². The van der Waals surface area contributed by atoms with Crippen molar-refractivity contribution in [3.05, 3.63) is 58.1 Å². The molecule has 2 aromatic carbocycles. The van der Waals surface area contributed by atoms with E-state index >= 15 is 0 Å². The molecule has 0 spiro atoms. The van der Waals surface area contributed by atoms with Crippen LogP contribution in [0.4, 0.5) is 5.69 Å². The molecule has 144 valence electrons. The Kier molecular flexibility index (Phi) is 6.34. The summed E-state index contributed by atoms with van der Waals surface area (Å²) in [5, 5.41) is 2.84. The third-order valence-electron chi connectivity index (χ3n) is 4.69. The molecule has 0 radical (unpaired) electrons. The number of hydrogen-bond donors (Lipinski definition) is 1. The second-order valence-corrected chi connectivity index (χ2v) is 9.57. The van der Waals surface area contributed by atoms with Crippen molar-refractivity contribution >= 4 is 37.5 Å². The van der Waals surface area contributed by atoms with E-state index in [1.807, 2.05) is 25.1 Å². The second kappa shape index (κ2) is 8.54. The summed E-state index contributed by atoms with van der Waals surface area (Å²) in [6.07, 6.45) is 3.93. The number of amides is 1. The van der Waals surface area contributed by atoms with Crippen molar-refractivity contribution in [3.8, 4) is 0 Å². The first-order valence-corrected chi connectivity index (χ1v) is 11.3. The first-order valence-electron chi connectivity index (χ1n) is 9.05. The summed E-state index contributed by atoms with van der Waals surface area (Å²) in [6, 6.07) is 11.8. The number of hydrogen-bond acceptors (Lipinski definition) is 3. The number of nitrogens with zero attached hydrogens (tertiary/aromatic N) is 1. The molecule has 3 rings (SSSR count). The van der Waals surface area contributed by atoms with Gasteiger partial charge in [-0.3, -0.25) is 4.79 Å². The van der Waals surface area contributed by atoms with Crippen molar-refractivity contribution in [2.24, 2.45) is 0 Å². The van der Waals surface area contributed by atoms with E-state index in [0.29, 0.717) is 24.3 Å². The number of rotatable bonds is 4. The minimum atomic E-state index is -3.50. The maximum Gasteiger partial charge on any atom is 0.255 e. The van der Waals surface area contributed by atoms with Gasteiger partial charge in [0, 0.05) is 23.1 Å². The first-order chi connectivity index (χ1) is 12.9. The summed E-state index contributed by atoms with van der Waals surface area (Å²) >= 11 is 3.44. The number of carbonyl (C=O) groups is 1. The monoisotopic (exact) mass is 450 g/mol. The Hall–Kier alpha value is -1.70. The molecule has 1 fully saturated rings. The van der Waals surface area contributed by atoms with Crippen LogP contribution in [0.1, 0.15) is 41.6 Å². The zero-order valence-corrected chi connectivity index (χ0v) is 17.6. The molecule has 0 unspecified atom stereocenters. The van der Waals surface area contributed by atoms with Gasteiger partial charge < -0.3 is 5.32 Å². The second-order valence-electron chi connectivity index (χ2n) is 6.78. The number of nitrogens with one attached hydrogen (secondary N) is 1. The van der Waals surface area contributed by atoms with Gasteiger partial charge in [-0.1, -0.05) is 18.9 Å². The van der Waals surface area contributed by atoms with Crippen LogP contribution in [0.5, 0.6) is 0 Å². The molecule has 5 nitrogen and oxygen atoms in total. The van der Waals surface area contributed by atoms with Gasteiger partial charge in [-0.05, 0) is 77.7 Å². The Bertz CT molecular complexity index is 919. The molecule has 0 atom stereocenters. The van der Waals surface area contributed by atoms with Gasteiger partial charge in [0.1, 0.15) is 0 Å². The van der Waals surface area contributed by atoms with Crippen LogP contribution in [-0.4, -0.2) is 31.7 Å². The van der Waals surface area contributed by atoms with E-state index in [9.17, 15) is 13.2 Å². The summed E-state index contributed by atoms with van der Waals surface area (Å²) in [5.74, 6) is -0.279. The maximum atomic E-state index is 12.8. The molecule has 1 heterocycles. The Labute approximate surface area is 169 Å². The standard InChI is InChI=1S/C20H23BrN2O3S/c1-15-6-11-19(18(21)14-15)22-20(24)16-7-9-17(10-8-16)27(25,26)23-12-4-2-3-5-13-23/h6-11,14H,2-5,12-13H2,1H3,(H,22,24). The minimum Gasteiger partial charge on any atom is -0.321 e. The summed E-state index contributed by atoms with van der Waals surface area (Å²) in [4.78, 5) is 12.7. The van der Waals surface area contributed by atoms with Crippen LogP contribution < -0.4 is 5.32 Å². The third kappa shape index (κ3) is 4.78. The predicted molar refractivity (Wildman–Crippen MR) is 111 cm³/mol. The Balaban J connectivity index is 1.75. The van der Waals surface area contributed by atoms with E-state index in [1.165, 1.54) is 12.1 Å². The normalized spacial score (nSPS) is 15.9. The summed E-state index contributed by atoms with van der Waals surface area (Å²) in [6.45, 7) is 3.10. The van der Waals surface area contributed by atoms with Crippen molar-refractivity contribution in [1.29, 1.82) is 0 Å². The maximum absolute atomic E-state index is 12.8. The Morgan fingerprint density at radius 3 is 2.22 bits per heavy atom. The van der Waals surface area contributed by atoms with E-state index in [0.717, 1.165) is 35.7 Å². The molecule has 7 heteroatoms. The van der Waals surface area contributed by atoms with Crippen molar-refractivity contribution in [3.63, 3.8) is 0 Å². The fourth-order valence-electron chi connectivity index (χ4n) is 3.13. The van der Waals surface area contributed by atoms with Crippen LogP contribution in [0, 0.1) is 6.92 Å². The molecule has 2 aromatic rings. The number of benzene rings is 2. The SMILES string of the molecule is Cc1ccc(NC(=O)c2ccc(S(=O)(=O)N3CCCCCC3)cc2)c(Br)c1. The molecule has 1 aliphatic rings. The quantitative estimate of drug-likeness (QED) is 0.741. The van der Waals surface area contributed by atoms with Gasteiger partial charge in [-0.15, -0.1) is 0 Å². The van der Waals surface area contributed by atoms with Crippen LogP contribution in [0.25, 0.3) is 0 Å². The Morgan fingerprint density at radius 2 is 1.63 bits per heavy atom. The molecule has 1 saturated heterocycles. The number of halogens is 1. The highest BCUT2D eigenvalue weighted by Gasteiger charge is 2.25. The van der Waals surface area contributed by atoms with Crippen LogP contribution >= 0.6 is 15.9 Å². The van der Waals surface area contributed by atoms with E-state index in [1.54, 1.807) is 16.4 Å². The van der Waals surface area contributed by atoms with Gasteiger partial charge in [0.2, 0.25) is 10.0 Å². The van der Waals surface area contributed by atoms with E-state index in [2.05, 4.69) is 21.2 Å². The third-order valence-corrected chi connectivity index (χ3v) is 7.26. The minimum absolute atomic E-state index is 0.234. The lowest BCUT2D eigenvalue weighted by molar-refractivity contribution is 0.102. The zero-order valence-electron chi connectivity index (χ0n) is 15.2. The topological polar surface area (TPSA) is 66.5 Å². The van der Waals surface area contributed by atoms with Gasteiger partial charge in [0.05, 0.1) is 10.6 Å². The average Bonchev–Trinajstić information content (AvgIpc) is 2.94. The first kappa shape index (κ1) is 20.0. The lowest BCUT2D eigenvalue weighted by Crippen LogP contribution is -2.31. The number of anilines is 1. The van der Waals surface area contributed by atoms with Gasteiger partial charge in [0.15, 0.2) is 0 Å². The summed E-state index contributed by atoms with van der Waals surface area (Å²) in [7, 11) is -3.50. The van der Waals surface area contributed by atoms with Gasteiger partial charge in [0.25, 0.3) is 5.91 Å².